The second-order valence-electron chi connectivity index (χ2n) is 4.73. The lowest BCUT2D eigenvalue weighted by Crippen LogP contribution is -2.28. The van der Waals surface area contributed by atoms with Crippen LogP contribution in [0.15, 0.2) is 12.1 Å². The van der Waals surface area contributed by atoms with Crippen molar-refractivity contribution in [3.05, 3.63) is 27.7 Å². The number of aliphatic hydroxyl groups excluding tert-OH is 1. The fraction of sp³-hybridized carbons (Fsp3) is 0.538. The van der Waals surface area contributed by atoms with Gasteiger partial charge in [0, 0.05) is 11.1 Å². The molecular weight excluding hydrogens is 257 g/mol. The largest absolute Gasteiger partial charge is 0.393 e. The maximum atomic E-state index is 9.45. The molecule has 0 spiro atoms. The van der Waals surface area contributed by atoms with Gasteiger partial charge in [0.05, 0.1) is 16.8 Å². The van der Waals surface area contributed by atoms with Gasteiger partial charge in [-0.1, -0.05) is 23.2 Å². The van der Waals surface area contributed by atoms with Crippen molar-refractivity contribution in [2.24, 2.45) is 0 Å². The van der Waals surface area contributed by atoms with Gasteiger partial charge >= 0.3 is 0 Å². The minimum atomic E-state index is -0.134. The highest BCUT2D eigenvalue weighted by atomic mass is 35.5. The van der Waals surface area contributed by atoms with Gasteiger partial charge in [0.25, 0.3) is 0 Å². The quantitative estimate of drug-likeness (QED) is 0.853. The molecule has 0 saturated heterocycles. The van der Waals surface area contributed by atoms with Gasteiger partial charge < -0.3 is 10.4 Å². The van der Waals surface area contributed by atoms with Crippen molar-refractivity contribution in [3.8, 4) is 0 Å². The van der Waals surface area contributed by atoms with E-state index >= 15 is 0 Å². The number of benzene rings is 1. The zero-order chi connectivity index (χ0) is 12.4. The van der Waals surface area contributed by atoms with Crippen LogP contribution in [0.4, 0.5) is 5.69 Å². The summed E-state index contributed by atoms with van der Waals surface area (Å²) in [5.74, 6) is 0. The highest BCUT2D eigenvalue weighted by Crippen LogP contribution is 2.31. The monoisotopic (exact) mass is 273 g/mol. The first-order chi connectivity index (χ1) is 8.06. The number of hydrogen-bond acceptors (Lipinski definition) is 2. The van der Waals surface area contributed by atoms with E-state index in [2.05, 4.69) is 5.32 Å². The Kier molecular flexibility index (Phi) is 4.18. The molecule has 1 fully saturated rings. The predicted octanol–water partition coefficient (Wildman–Crippen LogP) is 4.02. The van der Waals surface area contributed by atoms with Crippen LogP contribution in [-0.2, 0) is 0 Å². The number of hydrogen-bond donors (Lipinski definition) is 2. The smallest absolute Gasteiger partial charge is 0.0641 e. The summed E-state index contributed by atoms with van der Waals surface area (Å²) in [6.07, 6.45) is 3.53. The van der Waals surface area contributed by atoms with Crippen molar-refractivity contribution in [3.63, 3.8) is 0 Å². The Hall–Kier alpha value is -0.440. The van der Waals surface area contributed by atoms with E-state index in [-0.39, 0.29) is 6.10 Å². The normalized spacial score (nSPS) is 24.7. The Morgan fingerprint density at radius 2 is 1.76 bits per heavy atom. The van der Waals surface area contributed by atoms with Crippen LogP contribution in [-0.4, -0.2) is 17.3 Å². The third-order valence-electron chi connectivity index (χ3n) is 3.30. The molecule has 4 heteroatoms. The van der Waals surface area contributed by atoms with Crippen LogP contribution in [0.25, 0.3) is 0 Å². The minimum Gasteiger partial charge on any atom is -0.393 e. The van der Waals surface area contributed by atoms with Crippen LogP contribution in [0.5, 0.6) is 0 Å². The number of nitrogens with one attached hydrogen (secondary N) is 1. The Balaban J connectivity index is 2.06. The molecule has 1 aliphatic carbocycles. The molecule has 0 heterocycles. The number of aliphatic hydroxyl groups is 1. The third-order valence-corrected chi connectivity index (χ3v) is 4.02. The topological polar surface area (TPSA) is 32.3 Å². The molecule has 2 rings (SSSR count). The van der Waals surface area contributed by atoms with Crippen molar-refractivity contribution in [1.82, 2.24) is 0 Å². The van der Waals surface area contributed by atoms with Crippen molar-refractivity contribution in [2.45, 2.75) is 44.8 Å². The molecule has 17 heavy (non-hydrogen) atoms. The van der Waals surface area contributed by atoms with Crippen molar-refractivity contribution in [2.75, 3.05) is 5.32 Å². The van der Waals surface area contributed by atoms with E-state index < -0.39 is 0 Å². The van der Waals surface area contributed by atoms with Gasteiger partial charge in [-0.25, -0.2) is 0 Å². The molecule has 1 aromatic rings. The van der Waals surface area contributed by atoms with Crippen molar-refractivity contribution in [1.29, 1.82) is 0 Å². The van der Waals surface area contributed by atoms with E-state index in [1.165, 1.54) is 0 Å². The lowest BCUT2D eigenvalue weighted by atomic mass is 9.93. The average Bonchev–Trinajstić information content (AvgIpc) is 2.29. The molecule has 2 N–H and O–H groups in total. The zero-order valence-electron chi connectivity index (χ0n) is 9.84. The lowest BCUT2D eigenvalue weighted by molar-refractivity contribution is 0.126. The summed E-state index contributed by atoms with van der Waals surface area (Å²) in [6.45, 7) is 1.94. The van der Waals surface area contributed by atoms with Gasteiger partial charge in [-0.05, 0) is 50.3 Å². The summed E-state index contributed by atoms with van der Waals surface area (Å²) >= 11 is 12.3. The van der Waals surface area contributed by atoms with Crippen molar-refractivity contribution < 1.29 is 5.11 Å². The van der Waals surface area contributed by atoms with E-state index in [0.717, 1.165) is 42.0 Å². The Labute approximate surface area is 112 Å². The molecule has 1 saturated carbocycles. The third kappa shape index (κ3) is 3.27. The van der Waals surface area contributed by atoms with Crippen LogP contribution in [0.1, 0.15) is 31.2 Å². The molecule has 0 atom stereocenters. The molecule has 2 nitrogen and oxygen atoms in total. The maximum absolute atomic E-state index is 9.45. The molecule has 0 aliphatic heterocycles. The fourth-order valence-electron chi connectivity index (χ4n) is 2.20. The van der Waals surface area contributed by atoms with Gasteiger partial charge in [-0.15, -0.1) is 0 Å². The summed E-state index contributed by atoms with van der Waals surface area (Å²) in [5, 5.41) is 14.3. The van der Waals surface area contributed by atoms with E-state index in [1.54, 1.807) is 0 Å². The van der Waals surface area contributed by atoms with E-state index in [0.29, 0.717) is 11.1 Å². The number of anilines is 1. The molecule has 0 radical (unpaired) electrons. The summed E-state index contributed by atoms with van der Waals surface area (Å²) < 4.78 is 0. The van der Waals surface area contributed by atoms with Gasteiger partial charge in [0.1, 0.15) is 0 Å². The van der Waals surface area contributed by atoms with Crippen LogP contribution < -0.4 is 5.32 Å². The van der Waals surface area contributed by atoms with Crippen molar-refractivity contribution >= 4 is 28.9 Å². The Morgan fingerprint density at radius 3 is 2.41 bits per heavy atom. The van der Waals surface area contributed by atoms with Gasteiger partial charge in [-0.2, -0.15) is 0 Å². The summed E-state index contributed by atoms with van der Waals surface area (Å²) in [4.78, 5) is 0. The van der Waals surface area contributed by atoms with Gasteiger partial charge in [0.2, 0.25) is 0 Å². The molecule has 0 bridgehead atoms. The number of aryl methyl sites for hydroxylation is 1. The lowest BCUT2D eigenvalue weighted by Gasteiger charge is -2.27. The number of rotatable bonds is 2. The maximum Gasteiger partial charge on any atom is 0.0641 e. The first kappa shape index (κ1) is 13.0. The number of halogens is 2. The van der Waals surface area contributed by atoms with Crippen LogP contribution in [0, 0.1) is 6.92 Å². The van der Waals surface area contributed by atoms with Crippen LogP contribution in [0.3, 0.4) is 0 Å². The Morgan fingerprint density at radius 1 is 1.12 bits per heavy atom. The average molecular weight is 274 g/mol. The first-order valence-corrected chi connectivity index (χ1v) is 6.72. The summed E-state index contributed by atoms with van der Waals surface area (Å²) in [6, 6.07) is 4.14. The van der Waals surface area contributed by atoms with E-state index in [1.807, 2.05) is 19.1 Å². The first-order valence-electron chi connectivity index (χ1n) is 5.96. The second kappa shape index (κ2) is 5.47. The fourth-order valence-corrected chi connectivity index (χ4v) is 2.63. The SMILES string of the molecule is Cc1cc(Cl)c(NC2CCC(O)CC2)cc1Cl. The predicted molar refractivity (Wildman–Crippen MR) is 73.1 cm³/mol. The highest BCUT2D eigenvalue weighted by molar-refractivity contribution is 6.35. The molecular formula is C13H17Cl2NO. The summed E-state index contributed by atoms with van der Waals surface area (Å²) in [5.41, 5.74) is 1.88. The summed E-state index contributed by atoms with van der Waals surface area (Å²) in [7, 11) is 0. The molecule has 0 unspecified atom stereocenters. The zero-order valence-corrected chi connectivity index (χ0v) is 11.4. The van der Waals surface area contributed by atoms with Crippen LogP contribution >= 0.6 is 23.2 Å². The van der Waals surface area contributed by atoms with Crippen LogP contribution in [0.2, 0.25) is 10.0 Å². The van der Waals surface area contributed by atoms with E-state index in [9.17, 15) is 5.11 Å². The minimum absolute atomic E-state index is 0.134. The molecule has 94 valence electrons. The second-order valence-corrected chi connectivity index (χ2v) is 5.55. The molecule has 1 aliphatic rings. The molecule has 0 aromatic heterocycles. The molecule has 1 aromatic carbocycles. The Bertz CT molecular complexity index is 401. The molecule has 0 amide bonds. The van der Waals surface area contributed by atoms with E-state index in [4.69, 9.17) is 23.2 Å². The van der Waals surface area contributed by atoms with Gasteiger partial charge in [0.15, 0.2) is 0 Å². The highest BCUT2D eigenvalue weighted by Gasteiger charge is 2.19. The van der Waals surface area contributed by atoms with Gasteiger partial charge in [-0.3, -0.25) is 0 Å². The standard InChI is InChI=1S/C13H17Cl2NO/c1-8-6-12(15)13(7-11(8)14)16-9-2-4-10(17)5-3-9/h6-7,9-10,16-17H,2-5H2,1H3.